The van der Waals surface area contributed by atoms with E-state index in [1.807, 2.05) is 0 Å². The van der Waals surface area contributed by atoms with Crippen molar-refractivity contribution in [2.45, 2.75) is 43.9 Å². The monoisotopic (exact) mass is 298 g/mol. The summed E-state index contributed by atoms with van der Waals surface area (Å²) in [4.78, 5) is 11.1. The number of unbranched alkanes of at least 4 members (excludes halogenated alkanes) is 2. The van der Waals surface area contributed by atoms with Crippen LogP contribution in [0.25, 0.3) is 0 Å². The van der Waals surface area contributed by atoms with Crippen LogP contribution in [0.5, 0.6) is 0 Å². The van der Waals surface area contributed by atoms with Gasteiger partial charge in [-0.2, -0.15) is 0 Å². The molecule has 0 aromatic heterocycles. The van der Waals surface area contributed by atoms with E-state index in [0.29, 0.717) is 11.2 Å². The molecule has 0 saturated carbocycles. The van der Waals surface area contributed by atoms with E-state index < -0.39 is 0 Å². The lowest BCUT2D eigenvalue weighted by atomic mass is 10.1. The molecule has 3 heteroatoms. The summed E-state index contributed by atoms with van der Waals surface area (Å²) in [5.74, 6) is 0.275. The standard InChI is InChI=1S/C9H16Br2O/c1-8(12)7-9(11)5-3-2-4-6-10/h9H,2-7H2,1H3. The van der Waals surface area contributed by atoms with Crippen molar-refractivity contribution < 1.29 is 4.79 Å². The van der Waals surface area contributed by atoms with Crippen molar-refractivity contribution in [3.05, 3.63) is 0 Å². The Morgan fingerprint density at radius 2 is 2.00 bits per heavy atom. The molecule has 72 valence electrons. The van der Waals surface area contributed by atoms with Gasteiger partial charge in [0.2, 0.25) is 0 Å². The van der Waals surface area contributed by atoms with E-state index in [0.717, 1.165) is 11.8 Å². The molecule has 0 radical (unpaired) electrons. The van der Waals surface area contributed by atoms with Gasteiger partial charge in [-0.1, -0.05) is 44.7 Å². The predicted molar refractivity (Wildman–Crippen MR) is 60.3 cm³/mol. The van der Waals surface area contributed by atoms with Crippen molar-refractivity contribution >= 4 is 37.6 Å². The van der Waals surface area contributed by atoms with Crippen LogP contribution >= 0.6 is 31.9 Å². The Bertz CT molecular complexity index is 126. The van der Waals surface area contributed by atoms with Crippen molar-refractivity contribution in [3.8, 4) is 0 Å². The van der Waals surface area contributed by atoms with Gasteiger partial charge in [-0.05, 0) is 19.8 Å². The lowest BCUT2D eigenvalue weighted by Crippen LogP contribution is -2.03. The van der Waals surface area contributed by atoms with Gasteiger partial charge < -0.3 is 0 Å². The molecule has 0 aliphatic carbocycles. The van der Waals surface area contributed by atoms with Gasteiger partial charge in [0.25, 0.3) is 0 Å². The molecular formula is C9H16Br2O. The number of rotatable bonds is 7. The zero-order valence-corrected chi connectivity index (χ0v) is 10.7. The van der Waals surface area contributed by atoms with E-state index in [2.05, 4.69) is 31.9 Å². The Kier molecular flexibility index (Phi) is 8.67. The van der Waals surface area contributed by atoms with Crippen LogP contribution in [0, 0.1) is 0 Å². The van der Waals surface area contributed by atoms with Crippen LogP contribution < -0.4 is 0 Å². The third kappa shape index (κ3) is 8.72. The summed E-state index contributed by atoms with van der Waals surface area (Å²) in [6.07, 6.45) is 5.50. The number of carbonyl (C=O) groups excluding carboxylic acids is 1. The fourth-order valence-corrected chi connectivity index (χ4v) is 2.23. The molecule has 0 rings (SSSR count). The summed E-state index contributed by atoms with van der Waals surface area (Å²) >= 11 is 6.89. The summed E-state index contributed by atoms with van der Waals surface area (Å²) in [7, 11) is 0. The molecule has 0 fully saturated rings. The number of hydrogen-bond donors (Lipinski definition) is 0. The first kappa shape index (κ1) is 12.6. The highest BCUT2D eigenvalue weighted by atomic mass is 79.9. The minimum Gasteiger partial charge on any atom is -0.300 e. The van der Waals surface area contributed by atoms with Crippen molar-refractivity contribution in [2.24, 2.45) is 0 Å². The first-order chi connectivity index (χ1) is 5.66. The van der Waals surface area contributed by atoms with E-state index in [4.69, 9.17) is 0 Å². The van der Waals surface area contributed by atoms with Crippen LogP contribution in [-0.2, 0) is 4.79 Å². The fourth-order valence-electron chi connectivity index (χ4n) is 1.05. The third-order valence-electron chi connectivity index (χ3n) is 1.66. The largest absolute Gasteiger partial charge is 0.300 e. The lowest BCUT2D eigenvalue weighted by Gasteiger charge is -2.05. The van der Waals surface area contributed by atoms with Crippen LogP contribution in [0.2, 0.25) is 0 Å². The van der Waals surface area contributed by atoms with Crippen LogP contribution in [-0.4, -0.2) is 15.9 Å². The molecule has 0 aromatic rings. The number of hydrogen-bond acceptors (Lipinski definition) is 1. The Morgan fingerprint density at radius 1 is 1.33 bits per heavy atom. The number of halogens is 2. The Hall–Kier alpha value is 0.630. The second-order valence-electron chi connectivity index (χ2n) is 3.04. The second-order valence-corrected chi connectivity index (χ2v) is 5.13. The molecule has 0 aliphatic heterocycles. The number of carbonyl (C=O) groups is 1. The van der Waals surface area contributed by atoms with Gasteiger partial charge in [-0.15, -0.1) is 0 Å². The molecule has 1 unspecified atom stereocenters. The average molecular weight is 300 g/mol. The van der Waals surface area contributed by atoms with E-state index >= 15 is 0 Å². The van der Waals surface area contributed by atoms with Gasteiger partial charge >= 0.3 is 0 Å². The molecule has 0 heterocycles. The van der Waals surface area contributed by atoms with E-state index in [1.54, 1.807) is 6.92 Å². The molecule has 0 saturated heterocycles. The summed E-state index contributed by atoms with van der Waals surface area (Å²) in [5.41, 5.74) is 0. The van der Waals surface area contributed by atoms with Gasteiger partial charge in [0.15, 0.2) is 0 Å². The van der Waals surface area contributed by atoms with Gasteiger partial charge in [0.05, 0.1) is 0 Å². The molecule has 1 atom stereocenters. The van der Waals surface area contributed by atoms with Crippen LogP contribution in [0.3, 0.4) is 0 Å². The van der Waals surface area contributed by atoms with Gasteiger partial charge in [-0.25, -0.2) is 0 Å². The van der Waals surface area contributed by atoms with Crippen molar-refractivity contribution in [1.29, 1.82) is 0 Å². The molecule has 0 aromatic carbocycles. The maximum absolute atomic E-state index is 10.7. The molecule has 0 N–H and O–H groups in total. The molecular weight excluding hydrogens is 284 g/mol. The lowest BCUT2D eigenvalue weighted by molar-refractivity contribution is -0.116. The Labute approximate surface area is 91.6 Å². The van der Waals surface area contributed by atoms with Crippen molar-refractivity contribution in [1.82, 2.24) is 0 Å². The highest BCUT2D eigenvalue weighted by molar-refractivity contribution is 9.09. The maximum atomic E-state index is 10.7. The molecule has 0 bridgehead atoms. The maximum Gasteiger partial charge on any atom is 0.130 e. The van der Waals surface area contributed by atoms with Gasteiger partial charge in [0.1, 0.15) is 5.78 Å². The van der Waals surface area contributed by atoms with E-state index in [1.165, 1.54) is 19.3 Å². The Morgan fingerprint density at radius 3 is 2.50 bits per heavy atom. The topological polar surface area (TPSA) is 17.1 Å². The second kappa shape index (κ2) is 8.24. The smallest absolute Gasteiger partial charge is 0.130 e. The van der Waals surface area contributed by atoms with Crippen LogP contribution in [0.4, 0.5) is 0 Å². The van der Waals surface area contributed by atoms with Crippen molar-refractivity contribution in [2.75, 3.05) is 5.33 Å². The average Bonchev–Trinajstić information content (AvgIpc) is 1.97. The quantitative estimate of drug-likeness (QED) is 0.518. The van der Waals surface area contributed by atoms with Crippen molar-refractivity contribution in [3.63, 3.8) is 0 Å². The third-order valence-corrected chi connectivity index (χ3v) is 3.00. The molecule has 0 amide bonds. The molecule has 0 aliphatic rings. The van der Waals surface area contributed by atoms with Crippen LogP contribution in [0.15, 0.2) is 0 Å². The molecule has 12 heavy (non-hydrogen) atoms. The zero-order chi connectivity index (χ0) is 9.40. The van der Waals surface area contributed by atoms with Gasteiger partial charge in [-0.3, -0.25) is 4.79 Å². The minimum absolute atomic E-state index is 0.275. The highest BCUT2D eigenvalue weighted by Crippen LogP contribution is 2.15. The van der Waals surface area contributed by atoms with E-state index in [-0.39, 0.29) is 5.78 Å². The predicted octanol–water partition coefficient (Wildman–Crippen LogP) is 3.68. The van der Waals surface area contributed by atoms with Crippen LogP contribution in [0.1, 0.15) is 39.0 Å². The summed E-state index contributed by atoms with van der Waals surface area (Å²) < 4.78 is 0. The fraction of sp³-hybridized carbons (Fsp3) is 0.889. The zero-order valence-electron chi connectivity index (χ0n) is 7.48. The van der Waals surface area contributed by atoms with E-state index in [9.17, 15) is 4.79 Å². The number of alkyl halides is 2. The molecule has 0 spiro atoms. The number of ketones is 1. The number of Topliss-reactive ketones (excluding diaryl/α,β-unsaturated/α-hetero) is 1. The highest BCUT2D eigenvalue weighted by Gasteiger charge is 2.05. The SMILES string of the molecule is CC(=O)CC(Br)CCCCCBr. The summed E-state index contributed by atoms with van der Waals surface area (Å²) in [6.45, 7) is 1.65. The summed E-state index contributed by atoms with van der Waals surface area (Å²) in [5, 5.41) is 1.09. The first-order valence-corrected chi connectivity index (χ1v) is 6.40. The first-order valence-electron chi connectivity index (χ1n) is 4.36. The minimum atomic E-state index is 0.275. The molecule has 1 nitrogen and oxygen atoms in total. The van der Waals surface area contributed by atoms with Gasteiger partial charge in [0, 0.05) is 16.6 Å². The summed E-state index contributed by atoms with van der Waals surface area (Å²) in [6, 6.07) is 0. The normalized spacial score (nSPS) is 12.9. The Balaban J connectivity index is 3.19.